The number of primary sulfonamides is 1. The first-order valence-electron chi connectivity index (χ1n) is 9.11. The predicted octanol–water partition coefficient (Wildman–Crippen LogP) is 1.60. The smallest absolute Gasteiger partial charge is 0.257 e. The molecule has 1 saturated heterocycles. The highest BCUT2D eigenvalue weighted by Crippen LogP contribution is 2.27. The average Bonchev–Trinajstić information content (AvgIpc) is 2.99. The van der Waals surface area contributed by atoms with Crippen LogP contribution in [-0.4, -0.2) is 43.6 Å². The number of rotatable bonds is 6. The van der Waals surface area contributed by atoms with E-state index in [1.165, 1.54) is 35.2 Å². The third-order valence-corrected chi connectivity index (χ3v) is 5.74. The SMILES string of the molecule is C=CCN(C(=O)c1ccc(C)cc1)C1CC(=O)N(c2ccc(S(N)(=O)=O)cc2)C1=O. The Kier molecular flexibility index (Phi) is 5.86. The summed E-state index contributed by atoms with van der Waals surface area (Å²) in [6.07, 6.45) is 1.31. The van der Waals surface area contributed by atoms with Gasteiger partial charge in [-0.1, -0.05) is 23.8 Å². The second-order valence-electron chi connectivity index (χ2n) is 6.94. The lowest BCUT2D eigenvalue weighted by molar-refractivity contribution is -0.122. The summed E-state index contributed by atoms with van der Waals surface area (Å²) < 4.78 is 22.8. The predicted molar refractivity (Wildman–Crippen MR) is 111 cm³/mol. The van der Waals surface area contributed by atoms with Gasteiger partial charge in [0.05, 0.1) is 17.0 Å². The first-order chi connectivity index (χ1) is 14.1. The molecule has 0 radical (unpaired) electrons. The number of hydrogen-bond acceptors (Lipinski definition) is 5. The lowest BCUT2D eigenvalue weighted by Gasteiger charge is -2.26. The summed E-state index contributed by atoms with van der Waals surface area (Å²) in [5.41, 5.74) is 1.60. The van der Waals surface area contributed by atoms with Crippen molar-refractivity contribution in [1.82, 2.24) is 4.90 Å². The molecular formula is C21H21N3O5S. The van der Waals surface area contributed by atoms with E-state index >= 15 is 0 Å². The Labute approximate surface area is 174 Å². The molecule has 1 aliphatic heterocycles. The van der Waals surface area contributed by atoms with Gasteiger partial charge in [-0.2, -0.15) is 0 Å². The number of amides is 3. The molecule has 1 aliphatic rings. The van der Waals surface area contributed by atoms with E-state index in [9.17, 15) is 22.8 Å². The van der Waals surface area contributed by atoms with Crippen molar-refractivity contribution in [3.63, 3.8) is 0 Å². The summed E-state index contributed by atoms with van der Waals surface area (Å²) in [4.78, 5) is 40.8. The lowest BCUT2D eigenvalue weighted by atomic mass is 10.1. The normalized spacial score (nSPS) is 16.6. The second kappa shape index (κ2) is 8.21. The molecule has 1 unspecified atom stereocenters. The van der Waals surface area contributed by atoms with Crippen LogP contribution in [0.1, 0.15) is 22.3 Å². The maximum atomic E-state index is 13.0. The summed E-state index contributed by atoms with van der Waals surface area (Å²) in [7, 11) is -3.90. The van der Waals surface area contributed by atoms with Crippen molar-refractivity contribution in [2.75, 3.05) is 11.4 Å². The number of nitrogens with zero attached hydrogens (tertiary/aromatic N) is 2. The number of anilines is 1. The number of nitrogens with two attached hydrogens (primary N) is 1. The molecule has 1 atom stereocenters. The van der Waals surface area contributed by atoms with Crippen LogP contribution in [0.4, 0.5) is 5.69 Å². The van der Waals surface area contributed by atoms with Gasteiger partial charge in [-0.3, -0.25) is 14.4 Å². The highest BCUT2D eigenvalue weighted by molar-refractivity contribution is 7.89. The Balaban J connectivity index is 1.89. The van der Waals surface area contributed by atoms with Crippen LogP contribution in [0.3, 0.4) is 0 Å². The fraction of sp³-hybridized carbons (Fsp3) is 0.190. The summed E-state index contributed by atoms with van der Waals surface area (Å²) >= 11 is 0. The van der Waals surface area contributed by atoms with Gasteiger partial charge in [0.2, 0.25) is 15.9 Å². The average molecular weight is 427 g/mol. The molecule has 1 heterocycles. The number of benzene rings is 2. The quantitative estimate of drug-likeness (QED) is 0.555. The van der Waals surface area contributed by atoms with Crippen LogP contribution < -0.4 is 10.0 Å². The molecule has 0 aromatic heterocycles. The molecule has 0 saturated carbocycles. The Morgan fingerprint density at radius 2 is 1.77 bits per heavy atom. The van der Waals surface area contributed by atoms with Crippen molar-refractivity contribution in [2.24, 2.45) is 5.14 Å². The molecule has 8 nitrogen and oxygen atoms in total. The molecule has 3 amide bonds. The van der Waals surface area contributed by atoms with Crippen LogP contribution >= 0.6 is 0 Å². The summed E-state index contributed by atoms with van der Waals surface area (Å²) in [6, 6.07) is 11.0. The van der Waals surface area contributed by atoms with E-state index in [1.807, 2.05) is 6.92 Å². The molecule has 30 heavy (non-hydrogen) atoms. The van der Waals surface area contributed by atoms with E-state index in [2.05, 4.69) is 6.58 Å². The zero-order valence-electron chi connectivity index (χ0n) is 16.3. The highest BCUT2D eigenvalue weighted by atomic mass is 32.2. The maximum absolute atomic E-state index is 13.0. The van der Waals surface area contributed by atoms with Gasteiger partial charge in [0.1, 0.15) is 6.04 Å². The van der Waals surface area contributed by atoms with E-state index in [0.29, 0.717) is 5.56 Å². The zero-order valence-corrected chi connectivity index (χ0v) is 17.1. The molecule has 3 rings (SSSR count). The fourth-order valence-corrected chi connectivity index (χ4v) is 3.78. The Morgan fingerprint density at radius 3 is 2.30 bits per heavy atom. The molecule has 0 spiro atoms. The number of carbonyl (C=O) groups excluding carboxylic acids is 3. The van der Waals surface area contributed by atoms with E-state index in [1.54, 1.807) is 24.3 Å². The van der Waals surface area contributed by atoms with Crippen molar-refractivity contribution >= 4 is 33.4 Å². The third-order valence-electron chi connectivity index (χ3n) is 4.81. The van der Waals surface area contributed by atoms with E-state index in [0.717, 1.165) is 10.5 Å². The molecule has 0 bridgehead atoms. The summed E-state index contributed by atoms with van der Waals surface area (Å²) in [5.74, 6) is -1.43. The van der Waals surface area contributed by atoms with Crippen molar-refractivity contribution < 1.29 is 22.8 Å². The number of hydrogen-bond donors (Lipinski definition) is 1. The topological polar surface area (TPSA) is 118 Å². The van der Waals surface area contributed by atoms with Crippen LogP contribution in [0.2, 0.25) is 0 Å². The van der Waals surface area contributed by atoms with Crippen molar-refractivity contribution in [3.05, 3.63) is 72.3 Å². The maximum Gasteiger partial charge on any atom is 0.257 e. The Hall–Kier alpha value is -3.30. The van der Waals surface area contributed by atoms with Gasteiger partial charge in [0, 0.05) is 12.1 Å². The van der Waals surface area contributed by atoms with Crippen molar-refractivity contribution in [3.8, 4) is 0 Å². The first kappa shape index (κ1) is 21.4. The number of imide groups is 1. The van der Waals surface area contributed by atoms with Gasteiger partial charge in [-0.05, 0) is 43.3 Å². The van der Waals surface area contributed by atoms with Gasteiger partial charge in [-0.25, -0.2) is 18.5 Å². The first-order valence-corrected chi connectivity index (χ1v) is 10.7. The molecule has 156 valence electrons. The van der Waals surface area contributed by atoms with Crippen molar-refractivity contribution in [2.45, 2.75) is 24.3 Å². The molecule has 1 fully saturated rings. The van der Waals surface area contributed by atoms with Gasteiger partial charge in [-0.15, -0.1) is 6.58 Å². The van der Waals surface area contributed by atoms with Crippen LogP contribution in [0.25, 0.3) is 0 Å². The zero-order chi connectivity index (χ0) is 22.1. The molecule has 2 aromatic carbocycles. The van der Waals surface area contributed by atoms with Gasteiger partial charge < -0.3 is 4.90 Å². The van der Waals surface area contributed by atoms with E-state index in [-0.39, 0.29) is 29.5 Å². The lowest BCUT2D eigenvalue weighted by Crippen LogP contribution is -2.45. The third kappa shape index (κ3) is 4.17. The number of carbonyl (C=O) groups is 3. The fourth-order valence-electron chi connectivity index (χ4n) is 3.27. The van der Waals surface area contributed by atoms with Crippen LogP contribution in [-0.2, 0) is 19.6 Å². The van der Waals surface area contributed by atoms with Crippen LogP contribution in [0, 0.1) is 6.92 Å². The number of sulfonamides is 1. The molecule has 9 heteroatoms. The Bertz CT molecular complexity index is 1110. The standard InChI is InChI=1S/C21H21N3O5S/c1-3-12-23(20(26)15-6-4-14(2)5-7-15)18-13-19(25)24(21(18)27)16-8-10-17(11-9-16)30(22,28)29/h3-11,18H,1,12-13H2,2H3,(H2,22,28,29). The molecule has 2 aromatic rings. The molecular weight excluding hydrogens is 406 g/mol. The second-order valence-corrected chi connectivity index (χ2v) is 8.50. The van der Waals surface area contributed by atoms with Gasteiger partial charge in [0.15, 0.2) is 0 Å². The van der Waals surface area contributed by atoms with Gasteiger partial charge >= 0.3 is 0 Å². The minimum Gasteiger partial charge on any atom is -0.322 e. The minimum absolute atomic E-state index is 0.0919. The van der Waals surface area contributed by atoms with Crippen LogP contribution in [0.15, 0.2) is 66.1 Å². The van der Waals surface area contributed by atoms with E-state index in [4.69, 9.17) is 5.14 Å². The van der Waals surface area contributed by atoms with Crippen molar-refractivity contribution in [1.29, 1.82) is 0 Å². The highest BCUT2D eigenvalue weighted by Gasteiger charge is 2.44. The summed E-state index contributed by atoms with van der Waals surface area (Å²) in [6.45, 7) is 5.63. The van der Waals surface area contributed by atoms with E-state index < -0.39 is 27.9 Å². The van der Waals surface area contributed by atoms with Crippen LogP contribution in [0.5, 0.6) is 0 Å². The Morgan fingerprint density at radius 1 is 1.17 bits per heavy atom. The largest absolute Gasteiger partial charge is 0.322 e. The monoisotopic (exact) mass is 427 g/mol. The number of aryl methyl sites for hydroxylation is 1. The molecule has 0 aliphatic carbocycles. The molecule has 2 N–H and O–H groups in total. The van der Waals surface area contributed by atoms with Gasteiger partial charge in [0.25, 0.3) is 11.8 Å². The minimum atomic E-state index is -3.90. The summed E-state index contributed by atoms with van der Waals surface area (Å²) in [5, 5.41) is 5.08.